The summed E-state index contributed by atoms with van der Waals surface area (Å²) in [5.74, 6) is -0.424. The van der Waals surface area contributed by atoms with Crippen molar-refractivity contribution in [2.75, 3.05) is 27.1 Å². The van der Waals surface area contributed by atoms with Crippen molar-refractivity contribution in [3.8, 4) is 0 Å². The van der Waals surface area contributed by atoms with Crippen molar-refractivity contribution < 1.29 is 34.3 Å². The van der Waals surface area contributed by atoms with Crippen LogP contribution >= 0.6 is 0 Å². The zero-order chi connectivity index (χ0) is 17.2. The van der Waals surface area contributed by atoms with Crippen LogP contribution in [0.5, 0.6) is 0 Å². The Morgan fingerprint density at radius 1 is 1.22 bits per heavy atom. The molecule has 1 fully saturated rings. The number of rotatable bonds is 10. The van der Waals surface area contributed by atoms with E-state index in [0.29, 0.717) is 13.0 Å². The van der Waals surface area contributed by atoms with E-state index < -0.39 is 24.6 Å². The fourth-order valence-corrected chi connectivity index (χ4v) is 2.42. The average Bonchev–Trinajstić information content (AvgIpc) is 2.55. The maximum Gasteiger partial charge on any atom is 0.221 e. The molecule has 0 radical (unpaired) electrons. The highest BCUT2D eigenvalue weighted by Gasteiger charge is 2.42. The maximum absolute atomic E-state index is 11.3. The summed E-state index contributed by atoms with van der Waals surface area (Å²) in [5.41, 5.74) is 0. The van der Waals surface area contributed by atoms with Gasteiger partial charge in [0.15, 0.2) is 6.29 Å². The lowest BCUT2D eigenvalue weighted by Crippen LogP contribution is -2.55. The van der Waals surface area contributed by atoms with E-state index in [1.165, 1.54) is 7.11 Å². The van der Waals surface area contributed by atoms with E-state index in [2.05, 4.69) is 5.32 Å². The number of aliphatic hydroxyl groups excluding tert-OH is 3. The number of hydrogen-bond acceptors (Lipinski definition) is 7. The van der Waals surface area contributed by atoms with Crippen LogP contribution in [0.2, 0.25) is 0 Å². The molecule has 1 saturated heterocycles. The lowest BCUT2D eigenvalue weighted by molar-refractivity contribution is -0.282. The first-order valence-electron chi connectivity index (χ1n) is 8.01. The van der Waals surface area contributed by atoms with Crippen LogP contribution in [0.4, 0.5) is 0 Å². The van der Waals surface area contributed by atoms with Crippen LogP contribution in [0.15, 0.2) is 0 Å². The fourth-order valence-electron chi connectivity index (χ4n) is 2.42. The third-order valence-corrected chi connectivity index (χ3v) is 3.93. The van der Waals surface area contributed by atoms with E-state index in [4.69, 9.17) is 19.3 Å². The Kier molecular flexibility index (Phi) is 9.61. The Morgan fingerprint density at radius 3 is 2.61 bits per heavy atom. The van der Waals surface area contributed by atoms with Crippen molar-refractivity contribution in [1.82, 2.24) is 5.32 Å². The summed E-state index contributed by atoms with van der Waals surface area (Å²) in [6, 6.07) is 0. The van der Waals surface area contributed by atoms with Gasteiger partial charge in [-0.15, -0.1) is 0 Å². The van der Waals surface area contributed by atoms with Gasteiger partial charge in [0.2, 0.25) is 5.91 Å². The topological polar surface area (TPSA) is 117 Å². The Bertz CT molecular complexity index is 340. The molecule has 0 saturated carbocycles. The molecule has 8 nitrogen and oxygen atoms in total. The van der Waals surface area contributed by atoms with Gasteiger partial charge in [-0.05, 0) is 12.8 Å². The Morgan fingerprint density at radius 2 is 1.96 bits per heavy atom. The maximum atomic E-state index is 11.3. The molecule has 0 aromatic heterocycles. The first kappa shape index (κ1) is 20.3. The molecule has 4 N–H and O–H groups in total. The van der Waals surface area contributed by atoms with Crippen LogP contribution in [0.1, 0.15) is 32.6 Å². The Balaban J connectivity index is 2.16. The summed E-state index contributed by atoms with van der Waals surface area (Å²) in [6.45, 7) is 2.00. The number of hydrogen-bond donors (Lipinski definition) is 4. The monoisotopic (exact) mass is 335 g/mol. The number of carbonyl (C=O) groups is 1. The molecule has 0 aliphatic carbocycles. The summed E-state index contributed by atoms with van der Waals surface area (Å²) in [7, 11) is 1.52. The number of nitrogens with one attached hydrogen (secondary N) is 1. The minimum absolute atomic E-state index is 0.0418. The molecule has 0 spiro atoms. The minimum Gasteiger partial charge on any atom is -0.394 e. The zero-order valence-electron chi connectivity index (χ0n) is 13.8. The van der Waals surface area contributed by atoms with Crippen molar-refractivity contribution in [3.05, 3.63) is 0 Å². The van der Waals surface area contributed by atoms with Crippen molar-refractivity contribution in [2.45, 2.75) is 57.2 Å². The summed E-state index contributed by atoms with van der Waals surface area (Å²) in [5, 5.41) is 31.4. The molecule has 0 aromatic carbocycles. The lowest BCUT2D eigenvalue weighted by Gasteiger charge is -2.40. The molecule has 2 unspecified atom stereocenters. The van der Waals surface area contributed by atoms with E-state index in [1.807, 2.05) is 0 Å². The van der Waals surface area contributed by atoms with Crippen molar-refractivity contribution in [2.24, 2.45) is 5.92 Å². The number of amides is 1. The van der Waals surface area contributed by atoms with Crippen LogP contribution in [-0.4, -0.2) is 72.9 Å². The molecule has 23 heavy (non-hydrogen) atoms. The molecule has 0 aromatic rings. The number of ether oxygens (including phenoxy) is 3. The second-order valence-electron chi connectivity index (χ2n) is 5.78. The normalized spacial score (nSPS) is 31.1. The van der Waals surface area contributed by atoms with Gasteiger partial charge in [-0.3, -0.25) is 4.79 Å². The molecule has 1 aliphatic rings. The van der Waals surface area contributed by atoms with E-state index in [9.17, 15) is 15.0 Å². The molecule has 5 atom stereocenters. The van der Waals surface area contributed by atoms with Crippen molar-refractivity contribution >= 4 is 5.91 Å². The highest BCUT2D eigenvalue weighted by Crippen LogP contribution is 2.26. The van der Waals surface area contributed by atoms with E-state index in [0.717, 1.165) is 19.3 Å². The molecule has 1 aliphatic heterocycles. The number of methoxy groups -OCH3 is 1. The third-order valence-electron chi connectivity index (χ3n) is 3.93. The standard InChI is InChI=1S/C15H29NO7/c1-10-13(19)14(20)11(8-17)23-15(10)22-7-5-3-4-6-12(18)16-9-21-2/h10-11,13-15,17,19-20H,3-9H2,1-2H3,(H,16,18)/t10?,11?,13-,14+,15-/m1/s1. The van der Waals surface area contributed by atoms with Crippen LogP contribution in [-0.2, 0) is 19.0 Å². The second-order valence-corrected chi connectivity index (χ2v) is 5.78. The quantitative estimate of drug-likeness (QED) is 0.310. The van der Waals surface area contributed by atoms with Crippen molar-refractivity contribution in [3.63, 3.8) is 0 Å². The summed E-state index contributed by atoms with van der Waals surface area (Å²) in [6.07, 6.45) is -0.817. The van der Waals surface area contributed by atoms with Crippen LogP contribution in [0.3, 0.4) is 0 Å². The zero-order valence-corrected chi connectivity index (χ0v) is 13.8. The van der Waals surface area contributed by atoms with Gasteiger partial charge in [0.05, 0.1) is 12.7 Å². The summed E-state index contributed by atoms with van der Waals surface area (Å²) >= 11 is 0. The SMILES string of the molecule is COCNC(=O)CCCCCO[C@@H]1OC(CO)[C@H](O)[C@H](O)C1C. The predicted molar refractivity (Wildman–Crippen MR) is 81.4 cm³/mol. The van der Waals surface area contributed by atoms with Gasteiger partial charge in [0.1, 0.15) is 18.9 Å². The molecular weight excluding hydrogens is 306 g/mol. The number of unbranched alkanes of at least 4 members (excludes halogenated alkanes) is 2. The predicted octanol–water partition coefficient (Wildman–Crippen LogP) is -0.641. The molecule has 1 heterocycles. The van der Waals surface area contributed by atoms with E-state index >= 15 is 0 Å². The summed E-state index contributed by atoms with van der Waals surface area (Å²) in [4.78, 5) is 11.3. The summed E-state index contributed by atoms with van der Waals surface area (Å²) < 4.78 is 15.8. The van der Waals surface area contributed by atoms with Gasteiger partial charge in [0, 0.05) is 26.1 Å². The van der Waals surface area contributed by atoms with Gasteiger partial charge in [-0.1, -0.05) is 13.3 Å². The van der Waals surface area contributed by atoms with Gasteiger partial charge < -0.3 is 34.8 Å². The van der Waals surface area contributed by atoms with Crippen molar-refractivity contribution in [1.29, 1.82) is 0 Å². The average molecular weight is 335 g/mol. The van der Waals surface area contributed by atoms with Gasteiger partial charge in [-0.2, -0.15) is 0 Å². The van der Waals surface area contributed by atoms with Gasteiger partial charge in [-0.25, -0.2) is 0 Å². The highest BCUT2D eigenvalue weighted by molar-refractivity contribution is 5.75. The molecular formula is C15H29NO7. The van der Waals surface area contributed by atoms with Crippen LogP contribution in [0.25, 0.3) is 0 Å². The molecule has 136 valence electrons. The van der Waals surface area contributed by atoms with Crippen LogP contribution in [0, 0.1) is 5.92 Å². The van der Waals surface area contributed by atoms with Crippen LogP contribution < -0.4 is 5.32 Å². The Hall–Kier alpha value is -0.770. The molecule has 1 amide bonds. The van der Waals surface area contributed by atoms with Gasteiger partial charge in [0.25, 0.3) is 0 Å². The fraction of sp³-hybridized carbons (Fsp3) is 0.933. The molecule has 8 heteroatoms. The lowest BCUT2D eigenvalue weighted by atomic mass is 9.92. The van der Waals surface area contributed by atoms with E-state index in [1.54, 1.807) is 6.92 Å². The molecule has 1 rings (SSSR count). The van der Waals surface area contributed by atoms with Gasteiger partial charge >= 0.3 is 0 Å². The second kappa shape index (κ2) is 10.9. The third kappa shape index (κ3) is 6.70. The molecule has 0 bridgehead atoms. The first-order chi connectivity index (χ1) is 11.0. The highest BCUT2D eigenvalue weighted by atomic mass is 16.7. The Labute approximate surface area is 136 Å². The minimum atomic E-state index is -1.11. The first-order valence-corrected chi connectivity index (χ1v) is 8.01. The number of aliphatic hydroxyl groups is 3. The van der Waals surface area contributed by atoms with E-state index in [-0.39, 0.29) is 25.2 Å². The largest absolute Gasteiger partial charge is 0.394 e. The smallest absolute Gasteiger partial charge is 0.221 e. The number of carbonyl (C=O) groups excluding carboxylic acids is 1.